The molecule has 1 aliphatic rings. The Morgan fingerprint density at radius 2 is 2.05 bits per heavy atom. The summed E-state index contributed by atoms with van der Waals surface area (Å²) in [6.45, 7) is 4.43. The van der Waals surface area contributed by atoms with Gasteiger partial charge in [-0.05, 0) is 29.9 Å². The first-order valence-corrected chi connectivity index (χ1v) is 8.11. The number of hydrogen-bond donors (Lipinski definition) is 2. The van der Waals surface area contributed by atoms with E-state index >= 15 is 0 Å². The maximum atomic E-state index is 12.3. The van der Waals surface area contributed by atoms with Crippen LogP contribution in [0.25, 0.3) is 0 Å². The molecule has 116 valence electrons. The molecule has 1 aromatic carbocycles. The molecular weight excluding hydrogens is 294 g/mol. The van der Waals surface area contributed by atoms with Crippen molar-refractivity contribution in [3.63, 3.8) is 0 Å². The lowest BCUT2D eigenvalue weighted by atomic mass is 10.1. The number of rotatable bonds is 6. The van der Waals surface area contributed by atoms with E-state index in [0.717, 1.165) is 6.42 Å². The van der Waals surface area contributed by atoms with Crippen LogP contribution in [0.1, 0.15) is 20.3 Å². The van der Waals surface area contributed by atoms with Crippen LogP contribution in [0.4, 0.5) is 11.4 Å². The average molecular weight is 313 g/mol. The molecule has 2 N–H and O–H groups in total. The van der Waals surface area contributed by atoms with E-state index in [9.17, 15) is 18.5 Å². The summed E-state index contributed by atoms with van der Waals surface area (Å²) in [5.74, 6) is 0.277. The van der Waals surface area contributed by atoms with E-state index in [1.54, 1.807) is 7.05 Å². The Bertz CT molecular complexity index is 670. The van der Waals surface area contributed by atoms with Crippen LogP contribution in [-0.4, -0.2) is 26.9 Å². The molecule has 0 bridgehead atoms. The molecule has 0 aromatic heterocycles. The second-order valence-electron chi connectivity index (χ2n) is 5.93. The van der Waals surface area contributed by atoms with E-state index in [1.165, 1.54) is 18.2 Å². The topological polar surface area (TPSA) is 101 Å². The van der Waals surface area contributed by atoms with Gasteiger partial charge in [-0.2, -0.15) is 0 Å². The highest BCUT2D eigenvalue weighted by Crippen LogP contribution is 2.51. The van der Waals surface area contributed by atoms with Crippen LogP contribution in [-0.2, 0) is 10.0 Å². The molecule has 1 aromatic rings. The van der Waals surface area contributed by atoms with Crippen LogP contribution >= 0.6 is 0 Å². The number of nitro groups is 1. The summed E-state index contributed by atoms with van der Waals surface area (Å²) < 4.78 is 27.1. The van der Waals surface area contributed by atoms with E-state index < -0.39 is 20.6 Å². The zero-order valence-electron chi connectivity index (χ0n) is 12.2. The molecule has 21 heavy (non-hydrogen) atoms. The van der Waals surface area contributed by atoms with Crippen LogP contribution in [0.2, 0.25) is 0 Å². The van der Waals surface area contributed by atoms with Crippen LogP contribution < -0.4 is 10.0 Å². The normalized spacial score (nSPS) is 20.0. The molecule has 7 nitrogen and oxygen atoms in total. The van der Waals surface area contributed by atoms with E-state index in [2.05, 4.69) is 23.9 Å². The first kappa shape index (κ1) is 15.7. The Kier molecular flexibility index (Phi) is 3.94. The van der Waals surface area contributed by atoms with Gasteiger partial charge in [-0.15, -0.1) is 0 Å². The molecule has 1 aliphatic carbocycles. The van der Waals surface area contributed by atoms with Crippen molar-refractivity contribution in [2.45, 2.75) is 25.2 Å². The maximum absolute atomic E-state index is 12.3. The third-order valence-corrected chi connectivity index (χ3v) is 5.42. The SMILES string of the molecule is CNc1ccc([N+](=O)[O-])c(S(=O)(=O)NCC2CC2(C)C)c1. The molecule has 8 heteroatoms. The number of anilines is 1. The van der Waals surface area contributed by atoms with Crippen LogP contribution in [0.5, 0.6) is 0 Å². The second kappa shape index (κ2) is 5.27. The van der Waals surface area contributed by atoms with Gasteiger partial charge in [-0.25, -0.2) is 13.1 Å². The number of hydrogen-bond acceptors (Lipinski definition) is 5. The lowest BCUT2D eigenvalue weighted by Crippen LogP contribution is -2.27. The van der Waals surface area contributed by atoms with Gasteiger partial charge in [0.1, 0.15) is 0 Å². The summed E-state index contributed by atoms with van der Waals surface area (Å²) in [5.41, 5.74) is 0.227. The van der Waals surface area contributed by atoms with Crippen molar-refractivity contribution in [3.8, 4) is 0 Å². The van der Waals surface area contributed by atoms with Crippen molar-refractivity contribution in [3.05, 3.63) is 28.3 Å². The fourth-order valence-corrected chi connectivity index (χ4v) is 3.52. The van der Waals surface area contributed by atoms with Crippen molar-refractivity contribution in [2.75, 3.05) is 18.9 Å². The molecule has 1 saturated carbocycles. The van der Waals surface area contributed by atoms with Gasteiger partial charge in [-0.3, -0.25) is 10.1 Å². The van der Waals surface area contributed by atoms with Gasteiger partial charge in [0.15, 0.2) is 4.90 Å². The maximum Gasteiger partial charge on any atom is 0.289 e. The molecule has 0 saturated heterocycles. The van der Waals surface area contributed by atoms with Crippen LogP contribution in [0.15, 0.2) is 23.1 Å². The number of nitrogens with zero attached hydrogens (tertiary/aromatic N) is 1. The summed E-state index contributed by atoms with van der Waals surface area (Å²) in [5, 5.41) is 13.8. The van der Waals surface area contributed by atoms with Crippen molar-refractivity contribution >= 4 is 21.4 Å². The van der Waals surface area contributed by atoms with E-state index in [1.807, 2.05) is 0 Å². The molecule has 0 spiro atoms. The highest BCUT2D eigenvalue weighted by atomic mass is 32.2. The Morgan fingerprint density at radius 3 is 2.52 bits per heavy atom. The van der Waals surface area contributed by atoms with Gasteiger partial charge in [0, 0.05) is 25.3 Å². The standard InChI is InChI=1S/C13H19N3O4S/c1-13(2)7-9(13)8-15-21(19,20)12-6-10(14-3)4-5-11(12)16(17)18/h4-6,9,14-15H,7-8H2,1-3H3. The van der Waals surface area contributed by atoms with Gasteiger partial charge in [-0.1, -0.05) is 13.8 Å². The fourth-order valence-electron chi connectivity index (χ4n) is 2.25. The minimum absolute atomic E-state index is 0.140. The lowest BCUT2D eigenvalue weighted by Gasteiger charge is -2.10. The second-order valence-corrected chi connectivity index (χ2v) is 7.67. The molecule has 1 unspecified atom stereocenters. The number of nitro benzene ring substituents is 1. The molecule has 2 rings (SSSR count). The zero-order chi connectivity index (χ0) is 15.8. The summed E-state index contributed by atoms with van der Waals surface area (Å²) in [6, 6.07) is 3.95. The fraction of sp³-hybridized carbons (Fsp3) is 0.538. The van der Waals surface area contributed by atoms with Gasteiger partial charge < -0.3 is 5.32 Å². The summed E-state index contributed by atoms with van der Waals surface area (Å²) in [6.07, 6.45) is 0.953. The zero-order valence-corrected chi connectivity index (χ0v) is 13.0. The quantitative estimate of drug-likeness (QED) is 0.617. The molecule has 1 fully saturated rings. The minimum atomic E-state index is -3.91. The summed E-state index contributed by atoms with van der Waals surface area (Å²) in [7, 11) is -2.28. The number of nitrogens with one attached hydrogen (secondary N) is 2. The third kappa shape index (κ3) is 3.33. The molecule has 0 radical (unpaired) electrons. The predicted octanol–water partition coefficient (Wildman–Crippen LogP) is 1.96. The first-order valence-electron chi connectivity index (χ1n) is 6.63. The average Bonchev–Trinajstić information content (AvgIpc) is 3.03. The Balaban J connectivity index is 2.27. The molecular formula is C13H19N3O4S. The third-order valence-electron chi connectivity index (χ3n) is 3.97. The van der Waals surface area contributed by atoms with Gasteiger partial charge in [0.05, 0.1) is 4.92 Å². The van der Waals surface area contributed by atoms with E-state index in [4.69, 9.17) is 0 Å². The van der Waals surface area contributed by atoms with Crippen LogP contribution in [0.3, 0.4) is 0 Å². The number of benzene rings is 1. The molecule has 1 atom stereocenters. The summed E-state index contributed by atoms with van der Waals surface area (Å²) >= 11 is 0. The largest absolute Gasteiger partial charge is 0.388 e. The van der Waals surface area contributed by atoms with E-state index in [-0.39, 0.29) is 16.2 Å². The Morgan fingerprint density at radius 1 is 1.43 bits per heavy atom. The highest BCUT2D eigenvalue weighted by Gasteiger charge is 2.45. The van der Waals surface area contributed by atoms with E-state index in [0.29, 0.717) is 12.2 Å². The van der Waals surface area contributed by atoms with Gasteiger partial charge >= 0.3 is 0 Å². The van der Waals surface area contributed by atoms with Crippen molar-refractivity contribution < 1.29 is 13.3 Å². The molecule has 0 aliphatic heterocycles. The first-order chi connectivity index (χ1) is 9.67. The minimum Gasteiger partial charge on any atom is -0.388 e. The highest BCUT2D eigenvalue weighted by molar-refractivity contribution is 7.89. The predicted molar refractivity (Wildman–Crippen MR) is 79.7 cm³/mol. The van der Waals surface area contributed by atoms with Crippen LogP contribution in [0, 0.1) is 21.4 Å². The summed E-state index contributed by atoms with van der Waals surface area (Å²) in [4.78, 5) is 10.0. The monoisotopic (exact) mass is 313 g/mol. The van der Waals surface area contributed by atoms with Gasteiger partial charge in [0.25, 0.3) is 5.69 Å². The smallest absolute Gasteiger partial charge is 0.289 e. The Hall–Kier alpha value is -1.67. The number of sulfonamides is 1. The van der Waals surface area contributed by atoms with Crippen molar-refractivity contribution in [1.82, 2.24) is 4.72 Å². The lowest BCUT2D eigenvalue weighted by molar-refractivity contribution is -0.387. The Labute approximate surface area is 123 Å². The molecule has 0 heterocycles. The van der Waals surface area contributed by atoms with Crippen molar-refractivity contribution in [1.29, 1.82) is 0 Å². The van der Waals surface area contributed by atoms with Crippen molar-refractivity contribution in [2.24, 2.45) is 11.3 Å². The molecule has 0 amide bonds. The van der Waals surface area contributed by atoms with Gasteiger partial charge in [0.2, 0.25) is 10.0 Å².